The van der Waals surface area contributed by atoms with Crippen molar-refractivity contribution in [2.45, 2.75) is 58.9 Å². The van der Waals surface area contributed by atoms with Crippen LogP contribution in [0.2, 0.25) is 0 Å². The molecule has 2 rings (SSSR count). The molecule has 0 aromatic carbocycles. The Labute approximate surface area is 115 Å². The number of nitrogens with zero attached hydrogens (tertiary/aromatic N) is 1. The second-order valence-corrected chi connectivity index (χ2v) is 6.40. The zero-order chi connectivity index (χ0) is 13.9. The number of rotatable bonds is 4. The molecule has 1 aromatic rings. The maximum Gasteiger partial charge on any atom is 0.212 e. The second kappa shape index (κ2) is 5.89. The van der Waals surface area contributed by atoms with E-state index < -0.39 is 5.95 Å². The van der Waals surface area contributed by atoms with Gasteiger partial charge in [0.05, 0.1) is 11.9 Å². The first-order valence-electron chi connectivity index (χ1n) is 7.39. The van der Waals surface area contributed by atoms with Crippen molar-refractivity contribution in [3.8, 4) is 0 Å². The van der Waals surface area contributed by atoms with E-state index in [1.165, 1.54) is 38.2 Å². The number of hydrogen-bond donors (Lipinski definition) is 1. The van der Waals surface area contributed by atoms with Gasteiger partial charge in [0.25, 0.3) is 0 Å². The van der Waals surface area contributed by atoms with Gasteiger partial charge in [-0.15, -0.1) is 0 Å². The van der Waals surface area contributed by atoms with E-state index in [2.05, 4.69) is 31.1 Å². The molecular formula is C16H25FN2. The molecule has 0 bridgehead atoms. The third-order valence-corrected chi connectivity index (χ3v) is 4.84. The summed E-state index contributed by atoms with van der Waals surface area (Å²) in [5.41, 5.74) is 1.39. The van der Waals surface area contributed by atoms with Crippen molar-refractivity contribution in [3.63, 3.8) is 0 Å². The van der Waals surface area contributed by atoms with Crippen molar-refractivity contribution in [1.82, 2.24) is 4.98 Å². The van der Waals surface area contributed by atoms with E-state index in [-0.39, 0.29) is 0 Å². The zero-order valence-electron chi connectivity index (χ0n) is 12.2. The van der Waals surface area contributed by atoms with Gasteiger partial charge in [-0.05, 0) is 49.1 Å². The maximum atomic E-state index is 12.7. The standard InChI is InChI=1S/C16H25FN2/c1-4-16(2,3)12-5-7-13(8-6-12)19-14-9-10-15(17)18-11-14/h9-13,19H,4-8H2,1-3H3. The van der Waals surface area contributed by atoms with Crippen molar-refractivity contribution >= 4 is 5.69 Å². The lowest BCUT2D eigenvalue weighted by molar-refractivity contribution is 0.147. The number of pyridine rings is 1. The van der Waals surface area contributed by atoms with E-state index in [4.69, 9.17) is 0 Å². The minimum atomic E-state index is -0.418. The Morgan fingerprint density at radius 3 is 2.47 bits per heavy atom. The van der Waals surface area contributed by atoms with Crippen molar-refractivity contribution in [3.05, 3.63) is 24.3 Å². The summed E-state index contributed by atoms with van der Waals surface area (Å²) in [7, 11) is 0. The van der Waals surface area contributed by atoms with Gasteiger partial charge in [0, 0.05) is 6.04 Å². The molecule has 0 atom stereocenters. The SMILES string of the molecule is CCC(C)(C)C1CCC(Nc2ccc(F)nc2)CC1. The zero-order valence-corrected chi connectivity index (χ0v) is 12.2. The average Bonchev–Trinajstić information content (AvgIpc) is 2.42. The Morgan fingerprint density at radius 2 is 1.95 bits per heavy atom. The minimum Gasteiger partial charge on any atom is -0.381 e. The van der Waals surface area contributed by atoms with Crippen LogP contribution in [0, 0.1) is 17.3 Å². The monoisotopic (exact) mass is 264 g/mol. The first kappa shape index (κ1) is 14.3. The van der Waals surface area contributed by atoms with Crippen LogP contribution in [0.1, 0.15) is 52.9 Å². The highest BCUT2D eigenvalue weighted by atomic mass is 19.1. The summed E-state index contributed by atoms with van der Waals surface area (Å²) in [4.78, 5) is 3.68. The van der Waals surface area contributed by atoms with Crippen LogP contribution in [-0.2, 0) is 0 Å². The Bertz CT molecular complexity index is 392. The lowest BCUT2D eigenvalue weighted by atomic mass is 9.69. The van der Waals surface area contributed by atoms with Crippen LogP contribution in [0.3, 0.4) is 0 Å². The highest BCUT2D eigenvalue weighted by Crippen LogP contribution is 2.40. The van der Waals surface area contributed by atoms with Crippen LogP contribution in [0.4, 0.5) is 10.1 Å². The van der Waals surface area contributed by atoms with Crippen LogP contribution in [0.15, 0.2) is 18.3 Å². The summed E-state index contributed by atoms with van der Waals surface area (Å²) in [6.45, 7) is 7.05. The van der Waals surface area contributed by atoms with E-state index in [0.717, 1.165) is 11.6 Å². The van der Waals surface area contributed by atoms with Gasteiger partial charge in [-0.25, -0.2) is 4.98 Å². The van der Waals surface area contributed by atoms with E-state index in [9.17, 15) is 4.39 Å². The first-order valence-corrected chi connectivity index (χ1v) is 7.39. The molecule has 0 radical (unpaired) electrons. The van der Waals surface area contributed by atoms with Gasteiger partial charge in [0.2, 0.25) is 5.95 Å². The van der Waals surface area contributed by atoms with Gasteiger partial charge in [0.15, 0.2) is 0 Å². The summed E-state index contributed by atoms with van der Waals surface area (Å²) in [5, 5.41) is 3.47. The number of nitrogens with one attached hydrogen (secondary N) is 1. The molecule has 1 aromatic heterocycles. The number of hydrogen-bond acceptors (Lipinski definition) is 2. The maximum absolute atomic E-state index is 12.7. The molecule has 0 spiro atoms. The highest BCUT2D eigenvalue weighted by Gasteiger charge is 2.31. The van der Waals surface area contributed by atoms with Crippen LogP contribution in [0.5, 0.6) is 0 Å². The molecule has 3 heteroatoms. The molecule has 1 heterocycles. The second-order valence-electron chi connectivity index (χ2n) is 6.40. The summed E-state index contributed by atoms with van der Waals surface area (Å²) < 4.78 is 12.7. The van der Waals surface area contributed by atoms with Gasteiger partial charge >= 0.3 is 0 Å². The fourth-order valence-corrected chi connectivity index (χ4v) is 3.00. The minimum absolute atomic E-state index is 0.418. The molecule has 0 aliphatic heterocycles. The van der Waals surface area contributed by atoms with Gasteiger partial charge < -0.3 is 5.32 Å². The van der Waals surface area contributed by atoms with Gasteiger partial charge in [-0.3, -0.25) is 0 Å². The fourth-order valence-electron chi connectivity index (χ4n) is 3.00. The molecule has 1 aliphatic carbocycles. The third-order valence-electron chi connectivity index (χ3n) is 4.84. The van der Waals surface area contributed by atoms with Crippen LogP contribution >= 0.6 is 0 Å². The molecule has 0 amide bonds. The predicted molar refractivity (Wildman–Crippen MR) is 77.6 cm³/mol. The number of aromatic nitrogens is 1. The largest absolute Gasteiger partial charge is 0.381 e. The van der Waals surface area contributed by atoms with Crippen LogP contribution in [0.25, 0.3) is 0 Å². The third kappa shape index (κ3) is 3.68. The lowest BCUT2D eigenvalue weighted by Gasteiger charge is -2.39. The number of halogens is 1. The van der Waals surface area contributed by atoms with Gasteiger partial charge in [0.1, 0.15) is 0 Å². The quantitative estimate of drug-likeness (QED) is 0.802. The van der Waals surface area contributed by atoms with Crippen molar-refractivity contribution in [2.75, 3.05) is 5.32 Å². The first-order chi connectivity index (χ1) is 9.01. The molecule has 0 unspecified atom stereocenters. The van der Waals surface area contributed by atoms with Crippen LogP contribution < -0.4 is 5.32 Å². The Balaban J connectivity index is 1.85. The topological polar surface area (TPSA) is 24.9 Å². The Kier molecular flexibility index (Phi) is 4.43. The summed E-state index contributed by atoms with van der Waals surface area (Å²) in [6.07, 6.45) is 7.80. The van der Waals surface area contributed by atoms with E-state index in [1.807, 2.05) is 0 Å². The van der Waals surface area contributed by atoms with E-state index in [1.54, 1.807) is 12.3 Å². The molecule has 1 fully saturated rings. The highest BCUT2D eigenvalue weighted by molar-refractivity contribution is 5.41. The predicted octanol–water partition coefficient (Wildman–Crippen LogP) is 4.63. The Morgan fingerprint density at radius 1 is 1.26 bits per heavy atom. The normalized spacial score (nSPS) is 24.2. The van der Waals surface area contributed by atoms with Crippen molar-refractivity contribution in [2.24, 2.45) is 11.3 Å². The molecule has 2 nitrogen and oxygen atoms in total. The fraction of sp³-hybridized carbons (Fsp3) is 0.688. The van der Waals surface area contributed by atoms with Crippen molar-refractivity contribution in [1.29, 1.82) is 0 Å². The smallest absolute Gasteiger partial charge is 0.212 e. The molecule has 1 N–H and O–H groups in total. The summed E-state index contributed by atoms with van der Waals surface area (Å²) in [6, 6.07) is 3.69. The van der Waals surface area contributed by atoms with Gasteiger partial charge in [-0.1, -0.05) is 27.2 Å². The Hall–Kier alpha value is -1.12. The molecule has 106 valence electrons. The molecule has 19 heavy (non-hydrogen) atoms. The van der Waals surface area contributed by atoms with E-state index in [0.29, 0.717) is 11.5 Å². The van der Waals surface area contributed by atoms with Gasteiger partial charge in [-0.2, -0.15) is 4.39 Å². The summed E-state index contributed by atoms with van der Waals surface area (Å²) in [5.74, 6) is 0.417. The van der Waals surface area contributed by atoms with Crippen molar-refractivity contribution < 1.29 is 4.39 Å². The van der Waals surface area contributed by atoms with Crippen LogP contribution in [-0.4, -0.2) is 11.0 Å². The molecule has 0 saturated heterocycles. The number of anilines is 1. The van der Waals surface area contributed by atoms with E-state index >= 15 is 0 Å². The molecule has 1 saturated carbocycles. The molecule has 1 aliphatic rings. The lowest BCUT2D eigenvalue weighted by Crippen LogP contribution is -2.32. The average molecular weight is 264 g/mol. The summed E-state index contributed by atoms with van der Waals surface area (Å²) >= 11 is 0. The molecular weight excluding hydrogens is 239 g/mol.